The van der Waals surface area contributed by atoms with E-state index in [0.29, 0.717) is 11.5 Å². The van der Waals surface area contributed by atoms with E-state index >= 15 is 0 Å². The molecule has 3 aromatic rings. The molecule has 2 heterocycles. The molecule has 0 aliphatic rings. The lowest BCUT2D eigenvalue weighted by Crippen LogP contribution is -2.14. The maximum Gasteiger partial charge on any atom is 0.383 e. The summed E-state index contributed by atoms with van der Waals surface area (Å²) in [6.45, 7) is 10.2. The molecule has 0 saturated carbocycles. The van der Waals surface area contributed by atoms with Gasteiger partial charge in [0.1, 0.15) is 5.75 Å². The van der Waals surface area contributed by atoms with Crippen molar-refractivity contribution in [3.05, 3.63) is 53.1 Å². The van der Waals surface area contributed by atoms with E-state index in [1.54, 1.807) is 12.3 Å². The van der Waals surface area contributed by atoms with Crippen LogP contribution in [0.25, 0.3) is 5.78 Å². The molecule has 24 heavy (non-hydrogen) atoms. The van der Waals surface area contributed by atoms with Crippen molar-refractivity contribution >= 4 is 11.7 Å². The quantitative estimate of drug-likeness (QED) is 0.534. The Morgan fingerprint density at radius 3 is 2.54 bits per heavy atom. The second-order valence-corrected chi connectivity index (χ2v) is 6.85. The smallest absolute Gasteiger partial charge is 0.383 e. The van der Waals surface area contributed by atoms with Crippen LogP contribution in [0.15, 0.2) is 30.5 Å². The number of fused-ring (bicyclic) bond motifs is 1. The van der Waals surface area contributed by atoms with Gasteiger partial charge in [-0.2, -0.15) is 4.98 Å². The molecule has 1 aromatic carbocycles. The van der Waals surface area contributed by atoms with Crippen LogP contribution >= 0.6 is 0 Å². The van der Waals surface area contributed by atoms with Crippen LogP contribution in [0.3, 0.4) is 0 Å². The van der Waals surface area contributed by atoms with Gasteiger partial charge in [-0.05, 0) is 42.5 Å². The Kier molecular flexibility index (Phi) is 3.83. The molecular weight excluding hydrogens is 304 g/mol. The van der Waals surface area contributed by atoms with Crippen LogP contribution in [0.2, 0.25) is 0 Å². The number of aromatic nitrogens is 4. The van der Waals surface area contributed by atoms with Crippen molar-refractivity contribution in [2.24, 2.45) is 0 Å². The van der Waals surface area contributed by atoms with E-state index in [1.807, 2.05) is 32.0 Å². The highest BCUT2D eigenvalue weighted by Crippen LogP contribution is 2.27. The molecule has 2 aromatic heterocycles. The summed E-state index contributed by atoms with van der Waals surface area (Å²) in [4.78, 5) is 20.6. The fourth-order valence-electron chi connectivity index (χ4n) is 2.37. The number of esters is 1. The predicted molar refractivity (Wildman–Crippen MR) is 90.4 cm³/mol. The van der Waals surface area contributed by atoms with E-state index in [0.717, 1.165) is 11.3 Å². The van der Waals surface area contributed by atoms with E-state index in [4.69, 9.17) is 4.74 Å². The number of hydrogen-bond donors (Lipinski definition) is 0. The van der Waals surface area contributed by atoms with Crippen molar-refractivity contribution < 1.29 is 9.53 Å². The van der Waals surface area contributed by atoms with E-state index in [1.165, 1.54) is 10.1 Å². The van der Waals surface area contributed by atoms with Gasteiger partial charge < -0.3 is 4.74 Å². The van der Waals surface area contributed by atoms with Crippen molar-refractivity contribution in [2.45, 2.75) is 40.0 Å². The number of ether oxygens (including phenoxy) is 1. The zero-order valence-corrected chi connectivity index (χ0v) is 14.5. The van der Waals surface area contributed by atoms with Crippen LogP contribution in [0, 0.1) is 13.8 Å². The van der Waals surface area contributed by atoms with Crippen molar-refractivity contribution in [1.82, 2.24) is 19.6 Å². The lowest BCUT2D eigenvalue weighted by Gasteiger charge is -2.20. The molecule has 124 valence electrons. The fraction of sp³-hybridized carbons (Fsp3) is 0.333. The fourth-order valence-corrected chi connectivity index (χ4v) is 2.37. The second-order valence-electron chi connectivity index (χ2n) is 6.85. The average molecular weight is 324 g/mol. The van der Waals surface area contributed by atoms with Gasteiger partial charge in [-0.15, -0.1) is 5.10 Å². The van der Waals surface area contributed by atoms with Crippen LogP contribution in [0.5, 0.6) is 5.75 Å². The highest BCUT2D eigenvalue weighted by atomic mass is 16.5. The van der Waals surface area contributed by atoms with Gasteiger partial charge >= 0.3 is 5.97 Å². The van der Waals surface area contributed by atoms with Gasteiger partial charge in [0.25, 0.3) is 11.6 Å². The van der Waals surface area contributed by atoms with Gasteiger partial charge in [0, 0.05) is 11.9 Å². The van der Waals surface area contributed by atoms with Gasteiger partial charge in [-0.1, -0.05) is 32.9 Å². The molecule has 0 spiro atoms. The van der Waals surface area contributed by atoms with E-state index in [2.05, 4.69) is 35.8 Å². The number of aryl methyl sites for hydroxylation is 2. The lowest BCUT2D eigenvalue weighted by atomic mass is 9.86. The summed E-state index contributed by atoms with van der Waals surface area (Å²) in [5.41, 5.74) is 2.97. The number of carbonyl (C=O) groups excluding carboxylic acids is 1. The molecule has 6 heteroatoms. The maximum absolute atomic E-state index is 12.3. The molecule has 6 nitrogen and oxygen atoms in total. The lowest BCUT2D eigenvalue weighted by molar-refractivity contribution is 0.0721. The van der Waals surface area contributed by atoms with E-state index in [-0.39, 0.29) is 11.2 Å². The van der Waals surface area contributed by atoms with Gasteiger partial charge in [-0.25, -0.2) is 14.3 Å². The number of rotatable bonds is 2. The van der Waals surface area contributed by atoms with Crippen molar-refractivity contribution in [1.29, 1.82) is 0 Å². The average Bonchev–Trinajstić information content (AvgIpc) is 2.94. The van der Waals surface area contributed by atoms with Crippen LogP contribution in [-0.4, -0.2) is 25.6 Å². The summed E-state index contributed by atoms with van der Waals surface area (Å²) in [6, 6.07) is 7.61. The topological polar surface area (TPSA) is 69.4 Å². The molecule has 3 rings (SSSR count). The number of carbonyl (C=O) groups is 1. The second kappa shape index (κ2) is 5.70. The van der Waals surface area contributed by atoms with Gasteiger partial charge in [0.2, 0.25) is 0 Å². The molecular formula is C18H20N4O2. The summed E-state index contributed by atoms with van der Waals surface area (Å²) in [5, 5.41) is 4.16. The first-order chi connectivity index (χ1) is 11.3. The SMILES string of the molecule is Cc1cc(C(C)(C)C)ccc1OC(=O)c1nc2nccc(C)n2n1. The van der Waals surface area contributed by atoms with Crippen molar-refractivity contribution in [3.8, 4) is 5.75 Å². The van der Waals surface area contributed by atoms with Crippen LogP contribution < -0.4 is 4.74 Å². The number of nitrogens with zero attached hydrogens (tertiary/aromatic N) is 4. The molecule has 0 radical (unpaired) electrons. The highest BCUT2D eigenvalue weighted by molar-refractivity contribution is 5.87. The first-order valence-electron chi connectivity index (χ1n) is 7.77. The molecule has 0 fully saturated rings. The third-order valence-corrected chi connectivity index (χ3v) is 3.86. The summed E-state index contributed by atoms with van der Waals surface area (Å²) < 4.78 is 6.98. The zero-order valence-electron chi connectivity index (χ0n) is 14.5. The normalized spacial score (nSPS) is 11.7. The molecule has 0 N–H and O–H groups in total. The minimum Gasteiger partial charge on any atom is -0.420 e. The van der Waals surface area contributed by atoms with E-state index in [9.17, 15) is 4.79 Å². The molecule has 0 aliphatic carbocycles. The molecule has 0 atom stereocenters. The first-order valence-corrected chi connectivity index (χ1v) is 7.77. The predicted octanol–water partition coefficient (Wildman–Crippen LogP) is 3.26. The summed E-state index contributed by atoms with van der Waals surface area (Å²) in [6.07, 6.45) is 1.63. The Labute approximate surface area is 140 Å². The molecule has 0 bridgehead atoms. The molecule has 0 aliphatic heterocycles. The third kappa shape index (κ3) is 2.99. The first kappa shape index (κ1) is 16.1. The molecule has 0 amide bonds. The zero-order chi connectivity index (χ0) is 17.5. The Balaban J connectivity index is 1.87. The Morgan fingerprint density at radius 2 is 1.92 bits per heavy atom. The maximum atomic E-state index is 12.3. The monoisotopic (exact) mass is 324 g/mol. The third-order valence-electron chi connectivity index (χ3n) is 3.86. The Bertz CT molecular complexity index is 922. The Hall–Kier alpha value is -2.76. The van der Waals surface area contributed by atoms with Crippen LogP contribution in [0.1, 0.15) is 48.2 Å². The van der Waals surface area contributed by atoms with E-state index < -0.39 is 5.97 Å². The molecule has 0 saturated heterocycles. The minimum atomic E-state index is -0.591. The summed E-state index contributed by atoms with van der Waals surface area (Å²) >= 11 is 0. The van der Waals surface area contributed by atoms with Crippen LogP contribution in [-0.2, 0) is 5.41 Å². The van der Waals surface area contributed by atoms with Crippen molar-refractivity contribution in [2.75, 3.05) is 0 Å². The van der Waals surface area contributed by atoms with Gasteiger partial charge in [0.05, 0.1) is 0 Å². The van der Waals surface area contributed by atoms with Gasteiger partial charge in [-0.3, -0.25) is 0 Å². The molecule has 0 unspecified atom stereocenters. The van der Waals surface area contributed by atoms with Crippen molar-refractivity contribution in [3.63, 3.8) is 0 Å². The standard InChI is InChI=1S/C18H20N4O2/c1-11-10-13(18(3,4)5)6-7-14(11)24-16(23)15-20-17-19-9-8-12(2)22(17)21-15/h6-10H,1-5H3. The van der Waals surface area contributed by atoms with Crippen LogP contribution in [0.4, 0.5) is 0 Å². The largest absolute Gasteiger partial charge is 0.420 e. The number of hydrogen-bond acceptors (Lipinski definition) is 5. The summed E-state index contributed by atoms with van der Waals surface area (Å²) in [7, 11) is 0. The number of benzene rings is 1. The van der Waals surface area contributed by atoms with Gasteiger partial charge in [0.15, 0.2) is 0 Å². The highest BCUT2D eigenvalue weighted by Gasteiger charge is 2.19. The minimum absolute atomic E-state index is 0.00361. The summed E-state index contributed by atoms with van der Waals surface area (Å²) in [5.74, 6) is 0.292. The Morgan fingerprint density at radius 1 is 1.17 bits per heavy atom.